The highest BCUT2D eigenvalue weighted by molar-refractivity contribution is 6.51. The summed E-state index contributed by atoms with van der Waals surface area (Å²) in [6, 6.07) is 15.5. The number of phenolic OH excluding ortho intramolecular Hbond substituents is 1. The number of carbonyl (C=O) groups is 3. The van der Waals surface area contributed by atoms with Crippen LogP contribution in [0, 0.1) is 0 Å². The number of rotatable bonds is 7. The molecule has 1 fully saturated rings. The molecule has 3 aromatic carbocycles. The van der Waals surface area contributed by atoms with Gasteiger partial charge in [0.25, 0.3) is 11.7 Å². The van der Waals surface area contributed by atoms with Gasteiger partial charge in [-0.2, -0.15) is 0 Å². The van der Waals surface area contributed by atoms with Gasteiger partial charge in [-0.25, -0.2) is 4.79 Å². The zero-order chi connectivity index (χ0) is 26.7. The third-order valence-electron chi connectivity index (χ3n) is 5.90. The number of esters is 1. The Morgan fingerprint density at radius 3 is 2.24 bits per heavy atom. The lowest BCUT2D eigenvalue weighted by Crippen LogP contribution is -2.29. The van der Waals surface area contributed by atoms with Crippen LogP contribution in [0.25, 0.3) is 5.76 Å². The van der Waals surface area contributed by atoms with Gasteiger partial charge in [-0.1, -0.05) is 30.7 Å². The van der Waals surface area contributed by atoms with Crippen molar-refractivity contribution in [2.45, 2.75) is 19.4 Å². The number of carbonyl (C=O) groups excluding carboxylic acids is 3. The SMILES string of the molecule is CCCOC(=O)c1ccc(N2C(=O)C(=O)/C(=C(\O)c3ccc(OC)c(Cl)c3)C2c2ccc(O)cc2)cc1. The summed E-state index contributed by atoms with van der Waals surface area (Å²) in [7, 11) is 1.45. The van der Waals surface area contributed by atoms with Gasteiger partial charge in [0.15, 0.2) is 0 Å². The van der Waals surface area contributed by atoms with Gasteiger partial charge in [0, 0.05) is 11.3 Å². The Morgan fingerprint density at radius 1 is 1.00 bits per heavy atom. The Labute approximate surface area is 218 Å². The van der Waals surface area contributed by atoms with Gasteiger partial charge < -0.3 is 19.7 Å². The first-order valence-corrected chi connectivity index (χ1v) is 11.9. The molecule has 2 N–H and O–H groups in total. The van der Waals surface area contributed by atoms with Gasteiger partial charge in [0.05, 0.1) is 35.9 Å². The molecule has 1 unspecified atom stereocenters. The molecule has 0 aliphatic carbocycles. The summed E-state index contributed by atoms with van der Waals surface area (Å²) in [5.74, 6) is -2.29. The predicted octanol–water partition coefficient (Wildman–Crippen LogP) is 5.25. The summed E-state index contributed by atoms with van der Waals surface area (Å²) < 4.78 is 10.3. The number of aliphatic hydroxyl groups is 1. The molecule has 3 aromatic rings. The van der Waals surface area contributed by atoms with E-state index in [4.69, 9.17) is 21.1 Å². The first kappa shape index (κ1) is 25.8. The topological polar surface area (TPSA) is 113 Å². The van der Waals surface area contributed by atoms with E-state index < -0.39 is 29.5 Å². The zero-order valence-electron chi connectivity index (χ0n) is 20.1. The lowest BCUT2D eigenvalue weighted by molar-refractivity contribution is -0.132. The molecule has 0 bridgehead atoms. The van der Waals surface area contributed by atoms with Crippen molar-refractivity contribution in [1.82, 2.24) is 0 Å². The molecule has 8 nitrogen and oxygen atoms in total. The summed E-state index contributed by atoms with van der Waals surface area (Å²) in [4.78, 5) is 40.0. The van der Waals surface area contributed by atoms with Crippen LogP contribution in [0.4, 0.5) is 5.69 Å². The standard InChI is InChI=1S/C28H24ClNO7/c1-3-14-37-28(35)17-4-9-19(10-5-17)30-24(16-6-11-20(31)12-7-16)23(26(33)27(30)34)25(32)18-8-13-22(36-2)21(29)15-18/h4-13,15,24,31-32H,3,14H2,1-2H3/b25-23-. The van der Waals surface area contributed by atoms with Crippen molar-refractivity contribution in [3.63, 3.8) is 0 Å². The first-order valence-electron chi connectivity index (χ1n) is 11.5. The maximum absolute atomic E-state index is 13.3. The summed E-state index contributed by atoms with van der Waals surface area (Å²) in [5.41, 5.74) is 1.18. The second-order valence-corrected chi connectivity index (χ2v) is 8.70. The fourth-order valence-electron chi connectivity index (χ4n) is 4.08. The molecule has 190 valence electrons. The minimum atomic E-state index is -1.01. The molecule has 1 atom stereocenters. The minimum Gasteiger partial charge on any atom is -0.508 e. The number of benzene rings is 3. The molecular formula is C28H24ClNO7. The molecular weight excluding hydrogens is 498 g/mol. The van der Waals surface area contributed by atoms with E-state index >= 15 is 0 Å². The Balaban J connectivity index is 1.83. The Morgan fingerprint density at radius 2 is 1.65 bits per heavy atom. The third kappa shape index (κ3) is 5.01. The van der Waals surface area contributed by atoms with Crippen LogP contribution in [-0.2, 0) is 14.3 Å². The van der Waals surface area contributed by atoms with Gasteiger partial charge in [0.2, 0.25) is 0 Å². The number of methoxy groups -OCH3 is 1. The number of hydrogen-bond acceptors (Lipinski definition) is 7. The van der Waals surface area contributed by atoms with Crippen molar-refractivity contribution >= 4 is 40.7 Å². The molecule has 4 rings (SSSR count). The molecule has 0 saturated carbocycles. The largest absolute Gasteiger partial charge is 0.508 e. The molecule has 0 radical (unpaired) electrons. The highest BCUT2D eigenvalue weighted by Crippen LogP contribution is 2.43. The molecule has 1 saturated heterocycles. The fraction of sp³-hybridized carbons (Fsp3) is 0.179. The molecule has 1 aliphatic heterocycles. The molecule has 1 aliphatic rings. The van der Waals surface area contributed by atoms with Crippen LogP contribution in [0.15, 0.2) is 72.3 Å². The number of anilines is 1. The number of ketones is 1. The van der Waals surface area contributed by atoms with Crippen molar-refractivity contribution in [3.8, 4) is 11.5 Å². The number of amides is 1. The summed E-state index contributed by atoms with van der Waals surface area (Å²) in [6.45, 7) is 2.17. The highest BCUT2D eigenvalue weighted by atomic mass is 35.5. The second kappa shape index (κ2) is 10.8. The van der Waals surface area contributed by atoms with E-state index in [-0.39, 0.29) is 28.5 Å². The minimum absolute atomic E-state index is 0.00224. The Hall–Kier alpha value is -4.30. The normalized spacial score (nSPS) is 16.6. The van der Waals surface area contributed by atoms with E-state index in [0.29, 0.717) is 29.0 Å². The van der Waals surface area contributed by atoms with Crippen LogP contribution < -0.4 is 9.64 Å². The monoisotopic (exact) mass is 521 g/mol. The Bertz CT molecular complexity index is 1380. The van der Waals surface area contributed by atoms with Gasteiger partial charge in [-0.05, 0) is 66.6 Å². The third-order valence-corrected chi connectivity index (χ3v) is 6.19. The molecule has 1 heterocycles. The Kier molecular flexibility index (Phi) is 7.50. The van der Waals surface area contributed by atoms with Crippen molar-refractivity contribution in [2.24, 2.45) is 0 Å². The number of nitrogens with zero attached hydrogens (tertiary/aromatic N) is 1. The van der Waals surface area contributed by atoms with Crippen LogP contribution >= 0.6 is 11.6 Å². The quantitative estimate of drug-likeness (QED) is 0.189. The van der Waals surface area contributed by atoms with E-state index in [2.05, 4.69) is 0 Å². The van der Waals surface area contributed by atoms with Gasteiger partial charge in [-0.15, -0.1) is 0 Å². The van der Waals surface area contributed by atoms with Crippen LogP contribution in [0.3, 0.4) is 0 Å². The maximum Gasteiger partial charge on any atom is 0.338 e. The average Bonchev–Trinajstić information content (AvgIpc) is 3.17. The van der Waals surface area contributed by atoms with E-state index in [1.165, 1.54) is 60.5 Å². The van der Waals surface area contributed by atoms with Gasteiger partial charge >= 0.3 is 5.97 Å². The van der Waals surface area contributed by atoms with E-state index in [1.807, 2.05) is 6.92 Å². The number of aliphatic hydroxyl groups excluding tert-OH is 1. The first-order chi connectivity index (χ1) is 17.8. The number of ether oxygens (including phenoxy) is 2. The smallest absolute Gasteiger partial charge is 0.338 e. The molecule has 1 amide bonds. The van der Waals surface area contributed by atoms with Gasteiger partial charge in [0.1, 0.15) is 17.3 Å². The molecule has 0 aromatic heterocycles. The molecule has 9 heteroatoms. The second-order valence-electron chi connectivity index (χ2n) is 8.29. The predicted molar refractivity (Wildman–Crippen MR) is 138 cm³/mol. The van der Waals surface area contributed by atoms with Crippen LogP contribution in [-0.4, -0.2) is 41.6 Å². The molecule has 0 spiro atoms. The van der Waals surface area contributed by atoms with Crippen molar-refractivity contribution in [3.05, 3.63) is 94.0 Å². The van der Waals surface area contributed by atoms with E-state index in [9.17, 15) is 24.6 Å². The maximum atomic E-state index is 13.3. The van der Waals surface area contributed by atoms with Gasteiger partial charge in [-0.3, -0.25) is 14.5 Å². The number of phenols is 1. The van der Waals surface area contributed by atoms with E-state index in [1.54, 1.807) is 18.2 Å². The van der Waals surface area contributed by atoms with Crippen LogP contribution in [0.1, 0.15) is 40.9 Å². The summed E-state index contributed by atoms with van der Waals surface area (Å²) in [5, 5.41) is 21.2. The number of halogens is 1. The fourth-order valence-corrected chi connectivity index (χ4v) is 4.33. The lowest BCUT2D eigenvalue weighted by atomic mass is 9.95. The van der Waals surface area contributed by atoms with Crippen molar-refractivity contribution in [1.29, 1.82) is 0 Å². The average molecular weight is 522 g/mol. The van der Waals surface area contributed by atoms with Crippen LogP contribution in [0.2, 0.25) is 5.02 Å². The van der Waals surface area contributed by atoms with Crippen molar-refractivity contribution < 1.29 is 34.1 Å². The number of Topliss-reactive ketones (excluding diaryl/α,β-unsaturated/α-hetero) is 1. The lowest BCUT2D eigenvalue weighted by Gasteiger charge is -2.25. The van der Waals surface area contributed by atoms with E-state index in [0.717, 1.165) is 0 Å². The zero-order valence-corrected chi connectivity index (χ0v) is 20.9. The molecule has 37 heavy (non-hydrogen) atoms. The number of hydrogen-bond donors (Lipinski definition) is 2. The highest BCUT2D eigenvalue weighted by Gasteiger charge is 2.47. The summed E-state index contributed by atoms with van der Waals surface area (Å²) >= 11 is 6.23. The number of aromatic hydroxyl groups is 1. The van der Waals surface area contributed by atoms with Crippen LogP contribution in [0.5, 0.6) is 11.5 Å². The summed E-state index contributed by atoms with van der Waals surface area (Å²) in [6.07, 6.45) is 0.681. The van der Waals surface area contributed by atoms with Crippen molar-refractivity contribution in [2.75, 3.05) is 18.6 Å².